The summed E-state index contributed by atoms with van der Waals surface area (Å²) < 4.78 is 22.7. The summed E-state index contributed by atoms with van der Waals surface area (Å²) in [5.41, 5.74) is 3.87. The topological polar surface area (TPSA) is 146 Å². The number of nitrogens with one attached hydrogen (secondary N) is 1. The summed E-state index contributed by atoms with van der Waals surface area (Å²) in [6.07, 6.45) is 1.70. The van der Waals surface area contributed by atoms with E-state index >= 15 is 0 Å². The van der Waals surface area contributed by atoms with Gasteiger partial charge in [-0.05, 0) is 35.7 Å². The number of phosphoric ester groups is 1. The van der Waals surface area contributed by atoms with E-state index in [0.29, 0.717) is 31.1 Å². The minimum absolute atomic E-state index is 0.0521. The van der Waals surface area contributed by atoms with Crippen molar-refractivity contribution in [3.05, 3.63) is 77.9 Å². The lowest BCUT2D eigenvalue weighted by Gasteiger charge is -2.17. The number of phosphoric acid groups is 1. The lowest BCUT2D eigenvalue weighted by molar-refractivity contribution is 0.122. The fourth-order valence-corrected chi connectivity index (χ4v) is 4.32. The monoisotopic (exact) mass is 527 g/mol. The van der Waals surface area contributed by atoms with Crippen LogP contribution in [-0.4, -0.2) is 61.5 Å². The highest BCUT2D eigenvalue weighted by molar-refractivity contribution is 7.46. The second kappa shape index (κ2) is 12.1. The van der Waals surface area contributed by atoms with Crippen LogP contribution in [-0.2, 0) is 20.4 Å². The number of ether oxygens (including phenoxy) is 1. The molecule has 0 aliphatic carbocycles. The number of hydrogen-bond acceptors (Lipinski definition) is 7. The van der Waals surface area contributed by atoms with E-state index in [9.17, 15) is 14.8 Å². The molecule has 3 aromatic rings. The van der Waals surface area contributed by atoms with Crippen molar-refractivity contribution in [2.24, 2.45) is 0 Å². The Labute approximate surface area is 215 Å². The maximum atomic E-state index is 11.2. The molecule has 2 heterocycles. The number of aliphatic hydroxyl groups excluding tert-OH is 2. The maximum Gasteiger partial charge on any atom is 0.469 e. The van der Waals surface area contributed by atoms with Crippen molar-refractivity contribution in [1.82, 2.24) is 14.9 Å². The van der Waals surface area contributed by atoms with E-state index in [0.717, 1.165) is 16.7 Å². The lowest BCUT2D eigenvalue weighted by atomic mass is 10.0. The number of aromatic nitrogens is 2. The molecule has 10 nitrogen and oxygen atoms in total. The van der Waals surface area contributed by atoms with E-state index < -0.39 is 26.1 Å². The zero-order chi connectivity index (χ0) is 26.4. The van der Waals surface area contributed by atoms with E-state index in [1.54, 1.807) is 17.7 Å². The Bertz CT molecular complexity index is 1280. The summed E-state index contributed by atoms with van der Waals surface area (Å²) in [4.78, 5) is 22.3. The van der Waals surface area contributed by atoms with Crippen molar-refractivity contribution in [2.75, 3.05) is 19.8 Å². The minimum atomic E-state index is -4.70. The van der Waals surface area contributed by atoms with Crippen molar-refractivity contribution in [3.63, 3.8) is 0 Å². The fraction of sp³-hybridized carbons (Fsp3) is 0.346. The van der Waals surface area contributed by atoms with Crippen molar-refractivity contribution in [3.8, 4) is 23.0 Å². The highest BCUT2D eigenvalue weighted by Crippen LogP contribution is 2.37. The summed E-state index contributed by atoms with van der Waals surface area (Å²) in [7, 11) is -4.70. The largest absolute Gasteiger partial charge is 0.469 e. The summed E-state index contributed by atoms with van der Waals surface area (Å²) in [6.45, 7) is 2.69. The van der Waals surface area contributed by atoms with Gasteiger partial charge >= 0.3 is 7.82 Å². The van der Waals surface area contributed by atoms with Crippen molar-refractivity contribution in [2.45, 2.75) is 37.8 Å². The van der Waals surface area contributed by atoms with Gasteiger partial charge in [0.05, 0.1) is 32.0 Å². The molecule has 5 N–H and O–H groups in total. The van der Waals surface area contributed by atoms with Gasteiger partial charge in [0.25, 0.3) is 0 Å². The van der Waals surface area contributed by atoms with Crippen LogP contribution in [0.1, 0.15) is 36.0 Å². The van der Waals surface area contributed by atoms with Gasteiger partial charge in [-0.2, -0.15) is 0 Å². The second-order valence-corrected chi connectivity index (χ2v) is 10.0. The number of rotatable bonds is 9. The first-order valence-corrected chi connectivity index (χ1v) is 13.3. The molecule has 1 fully saturated rings. The Balaban J connectivity index is 1.44. The van der Waals surface area contributed by atoms with E-state index in [-0.39, 0.29) is 12.6 Å². The number of benzene rings is 2. The maximum absolute atomic E-state index is 11.2. The van der Waals surface area contributed by atoms with Crippen LogP contribution in [0.4, 0.5) is 0 Å². The van der Waals surface area contributed by atoms with Gasteiger partial charge in [0.2, 0.25) is 0 Å². The molecule has 37 heavy (non-hydrogen) atoms. The molecule has 0 saturated carbocycles. The number of nitrogens with zero attached hydrogens (tertiary/aromatic N) is 2. The van der Waals surface area contributed by atoms with Crippen LogP contribution in [0.15, 0.2) is 60.9 Å². The predicted octanol–water partition coefficient (Wildman–Crippen LogP) is 2.15. The normalized spacial score (nSPS) is 19.3. The molecular formula is C26H30N3O7P. The number of aliphatic hydroxyl groups is 2. The van der Waals surface area contributed by atoms with Crippen LogP contribution < -0.4 is 5.32 Å². The molecule has 1 unspecified atom stereocenters. The van der Waals surface area contributed by atoms with Gasteiger partial charge in [-0.15, -0.1) is 0 Å². The summed E-state index contributed by atoms with van der Waals surface area (Å²) in [5.74, 6) is 6.31. The van der Waals surface area contributed by atoms with Gasteiger partial charge < -0.3 is 34.6 Å². The molecule has 0 bridgehead atoms. The SMILES string of the molecule is C[C@H](O)c1nccn1[C@@H](C#Cc1ccc(-c2ccc(CNC3COC[C@H]3O)cc2)cc1)COP(=O)(O)O. The van der Waals surface area contributed by atoms with E-state index in [2.05, 4.69) is 26.7 Å². The number of imidazole rings is 1. The molecule has 0 radical (unpaired) electrons. The smallest absolute Gasteiger partial charge is 0.389 e. The quantitative estimate of drug-likeness (QED) is 0.209. The van der Waals surface area contributed by atoms with Gasteiger partial charge in [0.1, 0.15) is 18.0 Å². The van der Waals surface area contributed by atoms with Crippen molar-refractivity contribution in [1.29, 1.82) is 0 Å². The van der Waals surface area contributed by atoms with Gasteiger partial charge in [0, 0.05) is 24.5 Å². The standard InChI is InChI=1S/C26H30N3O7P/c1-18(30)26-27-12-13-29(26)23(15-36-37(32,33)34)11-6-19-2-7-21(8-3-19)22-9-4-20(5-10-22)14-28-24-16-35-17-25(24)31/h2-5,7-10,12-13,18,23-25,28,30-31H,14-17H2,1H3,(H2,32,33,34)/t18-,23-,24?,25+/m0/s1. The van der Waals surface area contributed by atoms with Crippen LogP contribution >= 0.6 is 7.82 Å². The Kier molecular flexibility index (Phi) is 8.92. The lowest BCUT2D eigenvalue weighted by Crippen LogP contribution is -2.38. The Morgan fingerprint density at radius 2 is 1.84 bits per heavy atom. The first-order chi connectivity index (χ1) is 17.7. The van der Waals surface area contributed by atoms with Gasteiger partial charge in [0.15, 0.2) is 0 Å². The van der Waals surface area contributed by atoms with Crippen molar-refractivity contribution < 1.29 is 33.8 Å². The van der Waals surface area contributed by atoms with Crippen LogP contribution in [0.5, 0.6) is 0 Å². The third-order valence-electron chi connectivity index (χ3n) is 5.98. The van der Waals surface area contributed by atoms with E-state index in [4.69, 9.17) is 14.5 Å². The molecule has 11 heteroatoms. The molecule has 4 atom stereocenters. The average molecular weight is 528 g/mol. The van der Waals surface area contributed by atoms with Gasteiger partial charge in [-0.1, -0.05) is 48.2 Å². The third-order valence-corrected chi connectivity index (χ3v) is 6.47. The molecular weight excluding hydrogens is 497 g/mol. The molecule has 0 amide bonds. The van der Waals surface area contributed by atoms with Crippen LogP contribution in [0.25, 0.3) is 11.1 Å². The second-order valence-electron chi connectivity index (χ2n) is 8.81. The molecule has 196 valence electrons. The van der Waals surface area contributed by atoms with Crippen molar-refractivity contribution >= 4 is 7.82 Å². The van der Waals surface area contributed by atoms with Crippen LogP contribution in [0.2, 0.25) is 0 Å². The molecule has 1 aliphatic heterocycles. The first kappa shape index (κ1) is 27.2. The Hall–Kier alpha value is -2.84. The molecule has 1 saturated heterocycles. The molecule has 1 aromatic heterocycles. The molecule has 1 aliphatic rings. The highest BCUT2D eigenvalue weighted by atomic mass is 31.2. The van der Waals surface area contributed by atoms with Gasteiger partial charge in [-0.3, -0.25) is 4.52 Å². The summed E-state index contributed by atoms with van der Waals surface area (Å²) in [6, 6.07) is 14.9. The first-order valence-electron chi connectivity index (χ1n) is 11.8. The Morgan fingerprint density at radius 3 is 2.43 bits per heavy atom. The molecule has 0 spiro atoms. The highest BCUT2D eigenvalue weighted by Gasteiger charge is 2.25. The third kappa shape index (κ3) is 7.58. The minimum Gasteiger partial charge on any atom is -0.389 e. The zero-order valence-electron chi connectivity index (χ0n) is 20.3. The predicted molar refractivity (Wildman–Crippen MR) is 136 cm³/mol. The summed E-state index contributed by atoms with van der Waals surface area (Å²) >= 11 is 0. The zero-order valence-corrected chi connectivity index (χ0v) is 21.2. The summed E-state index contributed by atoms with van der Waals surface area (Å²) in [5, 5.41) is 23.1. The number of hydrogen-bond donors (Lipinski definition) is 5. The van der Waals surface area contributed by atoms with Gasteiger partial charge in [-0.25, -0.2) is 9.55 Å². The average Bonchev–Trinajstić information content (AvgIpc) is 3.52. The molecule has 4 rings (SSSR count). The van der Waals surface area contributed by atoms with Crippen LogP contribution in [0, 0.1) is 11.8 Å². The Morgan fingerprint density at radius 1 is 1.16 bits per heavy atom. The van der Waals surface area contributed by atoms with Crippen LogP contribution in [0.3, 0.4) is 0 Å². The molecule has 2 aromatic carbocycles. The van der Waals surface area contributed by atoms with E-state index in [1.807, 2.05) is 48.5 Å². The fourth-order valence-electron chi connectivity index (χ4n) is 3.99. The van der Waals surface area contributed by atoms with E-state index in [1.165, 1.54) is 6.20 Å².